The van der Waals surface area contributed by atoms with Gasteiger partial charge in [0.1, 0.15) is 42.3 Å². The summed E-state index contributed by atoms with van der Waals surface area (Å²) >= 11 is 0. The van der Waals surface area contributed by atoms with Gasteiger partial charge in [-0.1, -0.05) is 58.0 Å². The number of nitrogens with one attached hydrogen (secondary N) is 9. The van der Waals surface area contributed by atoms with Crippen LogP contribution in [0.3, 0.4) is 0 Å². The van der Waals surface area contributed by atoms with Crippen molar-refractivity contribution in [1.29, 1.82) is 0 Å². The van der Waals surface area contributed by atoms with Gasteiger partial charge in [-0.15, -0.1) is 0 Å². The molecule has 0 aliphatic carbocycles. The molecule has 0 spiro atoms. The Morgan fingerprint density at radius 3 is 1.60 bits per heavy atom. The molecule has 33 heteroatoms. The number of likely N-dealkylation sites (tertiary alicyclic amines) is 1. The van der Waals surface area contributed by atoms with Gasteiger partial charge >= 0.3 is 24.1 Å². The number of carbonyl (C=O) groups is 13. The zero-order chi connectivity index (χ0) is 64.9. The van der Waals surface area contributed by atoms with Gasteiger partial charge in [-0.2, -0.15) is 13.2 Å². The van der Waals surface area contributed by atoms with Crippen LogP contribution in [0.4, 0.5) is 13.2 Å². The van der Waals surface area contributed by atoms with Crippen molar-refractivity contribution < 1.29 is 101 Å². The monoisotopic (exact) mass is 1230 g/mol. The minimum atomic E-state index is -5.08. The number of hydrogen-bond acceptors (Lipinski definition) is 17. The van der Waals surface area contributed by atoms with Crippen molar-refractivity contribution in [3.8, 4) is 0 Å². The number of carboxylic acids is 3. The van der Waals surface area contributed by atoms with Gasteiger partial charge in [0.25, 0.3) is 0 Å². The Morgan fingerprint density at radius 2 is 1.11 bits per heavy atom. The quantitative estimate of drug-likeness (QED) is 0.0178. The smallest absolute Gasteiger partial charge is 0.481 e. The number of halogens is 3. The number of carboxylic acid groups (broad SMARTS) is 3. The maximum atomic E-state index is 14.0. The van der Waals surface area contributed by atoms with E-state index in [1.807, 2.05) is 0 Å². The first-order valence-electron chi connectivity index (χ1n) is 27.1. The number of alkyl halides is 3. The second-order valence-corrected chi connectivity index (χ2v) is 20.8. The normalized spacial score (nSPS) is 16.1. The number of rotatable bonds is 34. The third kappa shape index (κ3) is 28.9. The molecule has 0 radical (unpaired) electrons. The minimum absolute atomic E-state index is 0.0388. The molecule has 18 N–H and O–H groups in total. The summed E-state index contributed by atoms with van der Waals surface area (Å²) < 4.78 is 31.7. The number of amides is 10. The lowest BCUT2D eigenvalue weighted by Gasteiger charge is -2.31. The molecule has 10 atom stereocenters. The van der Waals surface area contributed by atoms with Crippen LogP contribution in [0.15, 0.2) is 30.3 Å². The van der Waals surface area contributed by atoms with Gasteiger partial charge in [0.15, 0.2) is 0 Å². The number of nitrogens with zero attached hydrogens (tertiary/aromatic N) is 1. The fourth-order valence-electron chi connectivity index (χ4n) is 8.12. The first-order valence-corrected chi connectivity index (χ1v) is 27.1. The van der Waals surface area contributed by atoms with E-state index in [4.69, 9.17) is 26.5 Å². The summed E-state index contributed by atoms with van der Waals surface area (Å²) in [5, 5.41) is 68.1. The molecular formula is C52H81F3N12O18. The van der Waals surface area contributed by atoms with Crippen molar-refractivity contribution in [2.24, 2.45) is 23.3 Å². The zero-order valence-electron chi connectivity index (χ0n) is 48.0. The third-order valence-corrected chi connectivity index (χ3v) is 12.4. The topological polar surface area (TPSA) is 487 Å². The summed E-state index contributed by atoms with van der Waals surface area (Å²) in [7, 11) is 0. The van der Waals surface area contributed by atoms with Crippen LogP contribution >= 0.6 is 0 Å². The Morgan fingerprint density at radius 1 is 0.612 bits per heavy atom. The molecule has 478 valence electrons. The Hall–Kier alpha value is -8.04. The second-order valence-electron chi connectivity index (χ2n) is 20.8. The number of carbonyl (C=O) groups excluding carboxylic acids is 10. The van der Waals surface area contributed by atoms with Gasteiger partial charge in [0.05, 0.1) is 44.3 Å². The number of benzene rings is 1. The molecule has 85 heavy (non-hydrogen) atoms. The lowest BCUT2D eigenvalue weighted by molar-refractivity contribution is -0.192. The number of nitrogens with two attached hydrogens (primary N) is 2. The molecule has 1 aromatic rings. The molecule has 1 aliphatic rings. The summed E-state index contributed by atoms with van der Waals surface area (Å²) in [6.45, 7) is 7.85. The highest BCUT2D eigenvalue weighted by Gasteiger charge is 2.41. The second kappa shape index (κ2) is 37.3. The lowest BCUT2D eigenvalue weighted by atomic mass is 10.00. The highest BCUT2D eigenvalue weighted by atomic mass is 19.4. The first kappa shape index (κ1) is 75.0. The molecule has 0 saturated carbocycles. The molecule has 1 fully saturated rings. The first-order chi connectivity index (χ1) is 39.6. The highest BCUT2D eigenvalue weighted by molar-refractivity contribution is 5.98. The minimum Gasteiger partial charge on any atom is -0.481 e. The summed E-state index contributed by atoms with van der Waals surface area (Å²) in [4.78, 5) is 166. The number of hydrogen-bond donors (Lipinski definition) is 16. The Bertz CT molecular complexity index is 2450. The summed E-state index contributed by atoms with van der Waals surface area (Å²) in [6, 6.07) is -2.62. The van der Waals surface area contributed by atoms with Crippen LogP contribution in [0.1, 0.15) is 98.5 Å². The maximum absolute atomic E-state index is 14.0. The van der Waals surface area contributed by atoms with E-state index in [1.165, 1.54) is 18.7 Å². The van der Waals surface area contributed by atoms with E-state index in [-0.39, 0.29) is 50.5 Å². The van der Waals surface area contributed by atoms with Gasteiger partial charge in [-0.05, 0) is 82.7 Å². The van der Waals surface area contributed by atoms with E-state index in [1.54, 1.807) is 58.0 Å². The average molecular weight is 1230 g/mol. The van der Waals surface area contributed by atoms with Gasteiger partial charge < -0.3 is 89.8 Å². The van der Waals surface area contributed by atoms with Gasteiger partial charge in [0, 0.05) is 13.0 Å². The van der Waals surface area contributed by atoms with Crippen molar-refractivity contribution in [2.75, 3.05) is 32.7 Å². The van der Waals surface area contributed by atoms with Gasteiger partial charge in [-0.3, -0.25) is 52.7 Å². The Balaban J connectivity index is 0.00000483. The number of aliphatic carboxylic acids is 3. The van der Waals surface area contributed by atoms with E-state index in [2.05, 4.69) is 47.9 Å². The van der Waals surface area contributed by atoms with Crippen LogP contribution in [0, 0.1) is 11.8 Å². The maximum Gasteiger partial charge on any atom is 0.490 e. The van der Waals surface area contributed by atoms with E-state index in [9.17, 15) is 86.0 Å². The predicted octanol–water partition coefficient (Wildman–Crippen LogP) is -4.02. The van der Waals surface area contributed by atoms with E-state index >= 15 is 0 Å². The van der Waals surface area contributed by atoms with Crippen molar-refractivity contribution in [3.63, 3.8) is 0 Å². The molecule has 1 aliphatic heterocycles. The van der Waals surface area contributed by atoms with Crippen LogP contribution in [0.5, 0.6) is 0 Å². The van der Waals surface area contributed by atoms with Crippen molar-refractivity contribution in [3.05, 3.63) is 35.9 Å². The largest absolute Gasteiger partial charge is 0.490 e. The molecule has 30 nitrogen and oxygen atoms in total. The lowest BCUT2D eigenvalue weighted by Crippen LogP contribution is -2.61. The van der Waals surface area contributed by atoms with E-state index in [0.29, 0.717) is 31.4 Å². The van der Waals surface area contributed by atoms with Crippen LogP contribution in [0.25, 0.3) is 0 Å². The predicted molar refractivity (Wildman–Crippen MR) is 292 cm³/mol. The molecule has 0 unspecified atom stereocenters. The summed E-state index contributed by atoms with van der Waals surface area (Å²) in [5.41, 5.74) is 11.7. The summed E-state index contributed by atoms with van der Waals surface area (Å²) in [6.07, 6.45) is -7.22. The average Bonchev–Trinajstić information content (AvgIpc) is 3.44. The molecule has 1 saturated heterocycles. The molecule has 0 bridgehead atoms. The zero-order valence-corrected chi connectivity index (χ0v) is 48.0. The van der Waals surface area contributed by atoms with Crippen molar-refractivity contribution in [1.82, 2.24) is 52.8 Å². The molecule has 2 rings (SSSR count). The highest BCUT2D eigenvalue weighted by Crippen LogP contribution is 2.22. The molecule has 10 amide bonds. The molecule has 0 aromatic heterocycles. The van der Waals surface area contributed by atoms with Crippen molar-refractivity contribution in [2.45, 2.75) is 166 Å². The molecule has 1 aromatic carbocycles. The van der Waals surface area contributed by atoms with Crippen LogP contribution in [-0.4, -0.2) is 207 Å². The van der Waals surface area contributed by atoms with Crippen LogP contribution < -0.4 is 59.3 Å². The van der Waals surface area contributed by atoms with Crippen LogP contribution in [-0.2, 0) is 68.7 Å². The number of unbranched alkanes of at least 4 members (excludes halogenated alkanes) is 1. The SMILES string of the molecule is CC(C)C[C@H](NC(=O)[C@@H]1CCCN1C(=O)[C@H](CC(C)C)NC(=O)[C@@H](N)CC(=O)O)C(=O)N[C@H](C(=O)N[C@@H](Cc1ccccc1)C(=O)NCC(=O)NCC(=O)NCC(=O)N[C@H](C(=O)[15NH][13C@@H]([13CH2][13CH2][13CH2][13CH2][15NH2])[13C](=O)O)[C@@H](C)O)[C@@H](C)O.O=C(O)C(F)(F)F. The number of aliphatic hydroxyl groups excluding tert-OH is 2. The summed E-state index contributed by atoms with van der Waals surface area (Å²) in [5.74, 6) is -14.4. The van der Waals surface area contributed by atoms with E-state index in [0.717, 1.165) is 0 Å². The van der Waals surface area contributed by atoms with Gasteiger partial charge in [-0.25, -0.2) is 9.59 Å². The molecule has 1 heterocycles. The van der Waals surface area contributed by atoms with E-state index < -0.39 is 170 Å². The molecular weight excluding hydrogens is 1150 g/mol. The van der Waals surface area contributed by atoms with Crippen molar-refractivity contribution >= 4 is 77.0 Å². The fourth-order valence-corrected chi connectivity index (χ4v) is 8.12. The standard InChI is InChI=1S/C50H80N12O16.C2HF3O2/c1-26(2)19-33(57-46(73)36-16-12-18-62(36)49(76)35(20-27(3)4)59-43(70)31(52)22-40(68)69)45(72)61-42(29(6)64)48(75)58-34(21-30-13-8-7-9-14-30)44(71)55-24-38(66)53-23-37(65)54-25-39(67)60-41(28(5)63)47(74)56-32(50(77)78)15-10-11-17-51;3-2(4,5)1(6)7/h7-9,13-14,26-29,31-36,41-42,63-64H,10-12,15-25,51-52H2,1-6H3,(H,53,66)(H,54,65)(H,55,71)(H,56,74)(H,57,73)(H,58,75)(H,59,70)(H,60,67)(H,61,72)(H,68,69)(H,77,78);(H,6,7)/t28-,29-,31+,32+,33+,34+,35+,36+,41+,42+;/m1./s1/i10+1,11+1,15+1,17+1,32+1,50+1,51+1,56+1;. The van der Waals surface area contributed by atoms with Crippen LogP contribution in [0.2, 0.25) is 0 Å². The Labute approximate surface area is 487 Å². The fraction of sp³-hybridized carbons (Fsp3) is 0.635. The Kier molecular flexibility index (Phi) is 32.9. The van der Waals surface area contributed by atoms with Gasteiger partial charge in [0.2, 0.25) is 59.1 Å². The third-order valence-electron chi connectivity index (χ3n) is 12.4. The number of aliphatic hydroxyl groups is 2.